The lowest BCUT2D eigenvalue weighted by Gasteiger charge is -2.30. The van der Waals surface area contributed by atoms with Crippen molar-refractivity contribution < 1.29 is 9.47 Å². The minimum absolute atomic E-state index is 0.0952. The van der Waals surface area contributed by atoms with Crippen LogP contribution in [0.5, 0.6) is 0 Å². The Morgan fingerprint density at radius 2 is 1.91 bits per heavy atom. The number of ether oxygens (including phenoxy) is 2. The van der Waals surface area contributed by atoms with E-state index in [4.69, 9.17) is 21.1 Å². The number of hydrogen-bond donors (Lipinski definition) is 0. The molecule has 0 aromatic carbocycles. The maximum atomic E-state index is 6.10. The van der Waals surface area contributed by atoms with E-state index in [1.54, 1.807) is 0 Å². The van der Waals surface area contributed by atoms with Gasteiger partial charge >= 0.3 is 0 Å². The molecule has 1 aliphatic rings. The van der Waals surface area contributed by atoms with Gasteiger partial charge in [-0.2, -0.15) is 0 Å². The fraction of sp³-hybridized carbons (Fsp3) is 0.778. The molecule has 3 nitrogen and oxygen atoms in total. The van der Waals surface area contributed by atoms with Crippen LogP contribution in [0.4, 0.5) is 0 Å². The van der Waals surface area contributed by atoms with Crippen molar-refractivity contribution in [2.75, 3.05) is 32.8 Å². The fourth-order valence-corrected chi connectivity index (χ4v) is 2.75. The second-order valence-electron chi connectivity index (χ2n) is 6.49. The molecular formula is C18H32ClNO2. The van der Waals surface area contributed by atoms with Crippen LogP contribution in [0.25, 0.3) is 0 Å². The van der Waals surface area contributed by atoms with Gasteiger partial charge in [0.05, 0.1) is 24.9 Å². The molecule has 22 heavy (non-hydrogen) atoms. The average molecular weight is 330 g/mol. The lowest BCUT2D eigenvalue weighted by molar-refractivity contribution is -0.0984. The minimum Gasteiger partial charge on any atom is -0.377 e. The topological polar surface area (TPSA) is 21.7 Å². The molecule has 1 rings (SSSR count). The van der Waals surface area contributed by atoms with E-state index in [1.807, 2.05) is 18.2 Å². The van der Waals surface area contributed by atoms with Gasteiger partial charge in [0, 0.05) is 11.6 Å². The Hall–Kier alpha value is -0.350. The van der Waals surface area contributed by atoms with Crippen molar-refractivity contribution in [3.8, 4) is 0 Å². The summed E-state index contributed by atoms with van der Waals surface area (Å²) in [6.07, 6.45) is 9.24. The summed E-state index contributed by atoms with van der Waals surface area (Å²) in [5, 5.41) is 0.792. The monoisotopic (exact) mass is 329 g/mol. The molecule has 0 radical (unpaired) electrons. The van der Waals surface area contributed by atoms with Crippen LogP contribution >= 0.6 is 11.6 Å². The van der Waals surface area contributed by atoms with E-state index in [9.17, 15) is 0 Å². The first kappa shape index (κ1) is 19.7. The Labute approximate surface area is 141 Å². The molecule has 1 aliphatic carbocycles. The highest BCUT2D eigenvalue weighted by Gasteiger charge is 2.23. The van der Waals surface area contributed by atoms with Crippen LogP contribution in [-0.4, -0.2) is 49.5 Å². The van der Waals surface area contributed by atoms with Crippen LogP contribution in [0, 0.1) is 0 Å². The maximum Gasteiger partial charge on any atom is 0.0867 e. The highest BCUT2D eigenvalue weighted by Crippen LogP contribution is 2.21. The molecule has 0 aromatic rings. The molecule has 1 atom stereocenters. The zero-order chi connectivity index (χ0) is 16.4. The molecule has 0 amide bonds. The lowest BCUT2D eigenvalue weighted by atomic mass is 10.1. The smallest absolute Gasteiger partial charge is 0.0867 e. The first-order valence-corrected chi connectivity index (χ1v) is 8.86. The van der Waals surface area contributed by atoms with Gasteiger partial charge < -0.3 is 14.4 Å². The fourth-order valence-electron chi connectivity index (χ4n) is 2.59. The zero-order valence-corrected chi connectivity index (χ0v) is 15.4. The molecule has 0 saturated heterocycles. The van der Waals surface area contributed by atoms with Gasteiger partial charge in [0.25, 0.3) is 0 Å². The minimum atomic E-state index is -0.285. The summed E-state index contributed by atoms with van der Waals surface area (Å²) in [5.41, 5.74) is -0.285. The van der Waals surface area contributed by atoms with Gasteiger partial charge in [0.2, 0.25) is 0 Å². The number of rotatable bonds is 11. The lowest BCUT2D eigenvalue weighted by Crippen LogP contribution is -2.36. The Morgan fingerprint density at radius 3 is 2.45 bits per heavy atom. The molecule has 0 spiro atoms. The largest absolute Gasteiger partial charge is 0.377 e. The van der Waals surface area contributed by atoms with Gasteiger partial charge in [-0.25, -0.2) is 0 Å². The second kappa shape index (κ2) is 10.4. The van der Waals surface area contributed by atoms with Gasteiger partial charge in [0.1, 0.15) is 0 Å². The predicted octanol–water partition coefficient (Wildman–Crippen LogP) is 4.37. The molecule has 4 heteroatoms. The summed E-state index contributed by atoms with van der Waals surface area (Å²) in [6, 6.07) is 0. The van der Waals surface area contributed by atoms with Crippen molar-refractivity contribution in [1.82, 2.24) is 4.90 Å². The third-order valence-electron chi connectivity index (χ3n) is 3.57. The van der Waals surface area contributed by atoms with Crippen molar-refractivity contribution in [2.45, 2.75) is 58.7 Å². The Balaban J connectivity index is 2.23. The first-order chi connectivity index (χ1) is 10.5. The molecule has 1 unspecified atom stereocenters. The van der Waals surface area contributed by atoms with Crippen molar-refractivity contribution in [1.29, 1.82) is 0 Å². The number of hydrogen-bond acceptors (Lipinski definition) is 3. The number of allylic oxidation sites excluding steroid dienone is 2. The van der Waals surface area contributed by atoms with Crippen molar-refractivity contribution >= 4 is 11.6 Å². The van der Waals surface area contributed by atoms with Gasteiger partial charge in [0.15, 0.2) is 0 Å². The molecular weight excluding hydrogens is 298 g/mol. The van der Waals surface area contributed by atoms with Crippen LogP contribution in [0.15, 0.2) is 23.3 Å². The number of halogens is 1. The van der Waals surface area contributed by atoms with Crippen molar-refractivity contribution in [3.05, 3.63) is 23.3 Å². The summed E-state index contributed by atoms with van der Waals surface area (Å²) in [6.45, 7) is 13.3. The second-order valence-corrected chi connectivity index (χ2v) is 6.93. The number of nitrogens with zero attached hydrogens (tertiary/aromatic N) is 1. The molecule has 0 saturated carbocycles. The van der Waals surface area contributed by atoms with E-state index in [0.717, 1.165) is 37.7 Å². The highest BCUT2D eigenvalue weighted by molar-refractivity contribution is 6.31. The van der Waals surface area contributed by atoms with E-state index >= 15 is 0 Å². The summed E-state index contributed by atoms with van der Waals surface area (Å²) in [4.78, 5) is 2.46. The highest BCUT2D eigenvalue weighted by atomic mass is 35.5. The molecule has 0 aliphatic heterocycles. The van der Waals surface area contributed by atoms with Gasteiger partial charge in [-0.15, -0.1) is 0 Å². The molecule has 0 aromatic heterocycles. The van der Waals surface area contributed by atoms with E-state index in [0.29, 0.717) is 6.61 Å². The third kappa shape index (κ3) is 8.33. The standard InChI is InChI=1S/C18H32ClNO2/c1-5-11-20(12-6-2)13-14-21-15-18(3,4)22-17-9-7-16(19)8-10-17/h7-9,17H,5-6,10-15H2,1-4H3. The van der Waals surface area contributed by atoms with E-state index < -0.39 is 0 Å². The summed E-state index contributed by atoms with van der Waals surface area (Å²) in [5.74, 6) is 0. The first-order valence-electron chi connectivity index (χ1n) is 8.48. The summed E-state index contributed by atoms with van der Waals surface area (Å²) >= 11 is 5.93. The zero-order valence-electron chi connectivity index (χ0n) is 14.6. The van der Waals surface area contributed by atoms with Crippen LogP contribution in [0.3, 0.4) is 0 Å². The van der Waals surface area contributed by atoms with Crippen molar-refractivity contribution in [3.63, 3.8) is 0 Å². The molecule has 0 heterocycles. The predicted molar refractivity (Wildman–Crippen MR) is 94.5 cm³/mol. The van der Waals surface area contributed by atoms with E-state index in [1.165, 1.54) is 12.8 Å². The Bertz CT molecular complexity index is 360. The quantitative estimate of drug-likeness (QED) is 0.525. The van der Waals surface area contributed by atoms with Crippen molar-refractivity contribution in [2.24, 2.45) is 0 Å². The van der Waals surface area contributed by atoms with Crippen LogP contribution in [0.1, 0.15) is 47.0 Å². The molecule has 0 N–H and O–H groups in total. The third-order valence-corrected chi connectivity index (χ3v) is 3.85. The van der Waals surface area contributed by atoms with E-state index in [2.05, 4.69) is 32.6 Å². The van der Waals surface area contributed by atoms with Gasteiger partial charge in [-0.3, -0.25) is 0 Å². The molecule has 128 valence electrons. The van der Waals surface area contributed by atoms with Crippen LogP contribution < -0.4 is 0 Å². The molecule has 0 bridgehead atoms. The van der Waals surface area contributed by atoms with Gasteiger partial charge in [-0.1, -0.05) is 37.6 Å². The Morgan fingerprint density at radius 1 is 1.23 bits per heavy atom. The van der Waals surface area contributed by atoms with E-state index in [-0.39, 0.29) is 11.7 Å². The Kier molecular flexibility index (Phi) is 9.34. The normalized spacial score (nSPS) is 18.8. The SMILES string of the molecule is CCCN(CCC)CCOCC(C)(C)OC1C=CC(Cl)=CC1. The summed E-state index contributed by atoms with van der Waals surface area (Å²) < 4.78 is 12.0. The maximum absolute atomic E-state index is 6.10. The van der Waals surface area contributed by atoms with Crippen LogP contribution in [-0.2, 0) is 9.47 Å². The molecule has 0 fully saturated rings. The van der Waals surface area contributed by atoms with Crippen LogP contribution in [0.2, 0.25) is 0 Å². The van der Waals surface area contributed by atoms with Gasteiger partial charge in [-0.05, 0) is 52.3 Å². The summed E-state index contributed by atoms with van der Waals surface area (Å²) in [7, 11) is 0. The average Bonchev–Trinajstić information content (AvgIpc) is 2.46.